The Morgan fingerprint density at radius 1 is 1.03 bits per heavy atom. The van der Waals surface area contributed by atoms with Crippen LogP contribution in [-0.2, 0) is 6.42 Å². The lowest BCUT2D eigenvalue weighted by atomic mass is 9.96. The van der Waals surface area contributed by atoms with Gasteiger partial charge in [0.15, 0.2) is 0 Å². The van der Waals surface area contributed by atoms with Crippen LogP contribution in [0.15, 0.2) is 57.7 Å². The standard InChI is InChI=1S/C23H24F3N3O2/c24-23(25,26)17-8-11-29(12-9-17)20-5-3-18(4-6-20)28-19-2-1-15-13-16(7-10-27)22(30)31-21(15)14-19/h1-6,13-14,17,28H,7-12,27H2. The van der Waals surface area contributed by atoms with Gasteiger partial charge < -0.3 is 20.4 Å². The minimum atomic E-state index is -4.11. The smallest absolute Gasteiger partial charge is 0.391 e. The Morgan fingerprint density at radius 2 is 1.71 bits per heavy atom. The molecule has 0 unspecified atom stereocenters. The van der Waals surface area contributed by atoms with Gasteiger partial charge in [0.1, 0.15) is 5.58 Å². The first-order chi connectivity index (χ1) is 14.8. The summed E-state index contributed by atoms with van der Waals surface area (Å²) in [7, 11) is 0. The van der Waals surface area contributed by atoms with Crippen molar-refractivity contribution in [3.63, 3.8) is 0 Å². The predicted molar refractivity (Wildman–Crippen MR) is 116 cm³/mol. The average Bonchev–Trinajstić information content (AvgIpc) is 2.75. The lowest BCUT2D eigenvalue weighted by molar-refractivity contribution is -0.179. The molecule has 1 saturated heterocycles. The molecule has 0 atom stereocenters. The molecule has 0 amide bonds. The molecule has 0 saturated carbocycles. The van der Waals surface area contributed by atoms with Crippen molar-refractivity contribution in [1.82, 2.24) is 0 Å². The van der Waals surface area contributed by atoms with Crippen LogP contribution < -0.4 is 21.6 Å². The molecule has 8 heteroatoms. The van der Waals surface area contributed by atoms with Gasteiger partial charge in [0.2, 0.25) is 0 Å². The maximum absolute atomic E-state index is 12.8. The number of halogens is 3. The summed E-state index contributed by atoms with van der Waals surface area (Å²) in [4.78, 5) is 14.0. The monoisotopic (exact) mass is 431 g/mol. The molecule has 31 heavy (non-hydrogen) atoms. The Labute approximate surface area is 177 Å². The molecule has 0 spiro atoms. The van der Waals surface area contributed by atoms with Crippen LogP contribution in [0.1, 0.15) is 18.4 Å². The van der Waals surface area contributed by atoms with Gasteiger partial charge in [-0.15, -0.1) is 0 Å². The number of hydrogen-bond donors (Lipinski definition) is 2. The fourth-order valence-corrected chi connectivity index (χ4v) is 3.95. The molecular weight excluding hydrogens is 407 g/mol. The second-order valence-electron chi connectivity index (χ2n) is 7.83. The van der Waals surface area contributed by atoms with E-state index in [0.29, 0.717) is 37.2 Å². The molecule has 0 aliphatic carbocycles. The molecule has 4 rings (SSSR count). The summed E-state index contributed by atoms with van der Waals surface area (Å²) in [6, 6.07) is 14.9. The molecule has 0 bridgehead atoms. The van der Waals surface area contributed by atoms with E-state index in [9.17, 15) is 18.0 Å². The molecule has 1 fully saturated rings. The Morgan fingerprint density at radius 3 is 2.35 bits per heavy atom. The van der Waals surface area contributed by atoms with Crippen LogP contribution in [0.25, 0.3) is 11.0 Å². The van der Waals surface area contributed by atoms with Crippen molar-refractivity contribution >= 4 is 28.0 Å². The number of fused-ring (bicyclic) bond motifs is 1. The van der Waals surface area contributed by atoms with Gasteiger partial charge in [-0.1, -0.05) is 0 Å². The number of piperidine rings is 1. The highest BCUT2D eigenvalue weighted by Crippen LogP contribution is 2.35. The van der Waals surface area contributed by atoms with Gasteiger partial charge in [-0.05, 0) is 68.3 Å². The van der Waals surface area contributed by atoms with Crippen molar-refractivity contribution < 1.29 is 17.6 Å². The average molecular weight is 431 g/mol. The van der Waals surface area contributed by atoms with Crippen molar-refractivity contribution in [2.75, 3.05) is 29.9 Å². The summed E-state index contributed by atoms with van der Waals surface area (Å²) in [6.45, 7) is 1.17. The van der Waals surface area contributed by atoms with E-state index in [1.165, 1.54) is 0 Å². The lowest BCUT2D eigenvalue weighted by Crippen LogP contribution is -2.38. The lowest BCUT2D eigenvalue weighted by Gasteiger charge is -2.34. The minimum absolute atomic E-state index is 0.124. The first kappa shape index (κ1) is 21.2. The maximum atomic E-state index is 12.8. The largest absolute Gasteiger partial charge is 0.422 e. The van der Waals surface area contributed by atoms with Crippen LogP contribution >= 0.6 is 0 Å². The maximum Gasteiger partial charge on any atom is 0.391 e. The number of nitrogens with one attached hydrogen (secondary N) is 1. The summed E-state index contributed by atoms with van der Waals surface area (Å²) in [5, 5.41) is 4.09. The SMILES string of the molecule is NCCc1cc2ccc(Nc3ccc(N4CCC(C(F)(F)F)CC4)cc3)cc2oc1=O. The Hall–Kier alpha value is -3.00. The van der Waals surface area contributed by atoms with Crippen molar-refractivity contribution in [1.29, 1.82) is 0 Å². The summed E-state index contributed by atoms with van der Waals surface area (Å²) in [5.41, 5.74) is 8.69. The van der Waals surface area contributed by atoms with Crippen molar-refractivity contribution in [2.24, 2.45) is 11.7 Å². The van der Waals surface area contributed by atoms with Crippen LogP contribution in [0, 0.1) is 5.92 Å². The molecule has 5 nitrogen and oxygen atoms in total. The van der Waals surface area contributed by atoms with Gasteiger partial charge in [-0.2, -0.15) is 13.2 Å². The van der Waals surface area contributed by atoms with Gasteiger partial charge in [0.25, 0.3) is 0 Å². The zero-order valence-electron chi connectivity index (χ0n) is 16.9. The van der Waals surface area contributed by atoms with E-state index < -0.39 is 12.1 Å². The van der Waals surface area contributed by atoms with Gasteiger partial charge in [0.05, 0.1) is 5.92 Å². The van der Waals surface area contributed by atoms with Crippen LogP contribution in [-0.4, -0.2) is 25.8 Å². The number of benzene rings is 2. The van der Waals surface area contributed by atoms with Gasteiger partial charge in [-0.3, -0.25) is 0 Å². The topological polar surface area (TPSA) is 71.5 Å². The highest BCUT2D eigenvalue weighted by Gasteiger charge is 2.41. The quantitative estimate of drug-likeness (QED) is 0.567. The van der Waals surface area contributed by atoms with E-state index in [0.717, 1.165) is 22.4 Å². The van der Waals surface area contributed by atoms with Crippen molar-refractivity contribution in [3.05, 3.63) is 64.5 Å². The van der Waals surface area contributed by atoms with E-state index in [-0.39, 0.29) is 18.5 Å². The number of nitrogens with zero attached hydrogens (tertiary/aromatic N) is 1. The van der Waals surface area contributed by atoms with E-state index in [2.05, 4.69) is 5.32 Å². The third-order valence-corrected chi connectivity index (χ3v) is 5.70. The molecule has 2 heterocycles. The number of rotatable bonds is 5. The number of alkyl halides is 3. The van der Waals surface area contributed by atoms with Gasteiger partial charge in [-0.25, -0.2) is 4.79 Å². The fraction of sp³-hybridized carbons (Fsp3) is 0.348. The molecule has 2 aromatic carbocycles. The van der Waals surface area contributed by atoms with Crippen LogP contribution in [0.2, 0.25) is 0 Å². The highest BCUT2D eigenvalue weighted by molar-refractivity contribution is 5.82. The first-order valence-corrected chi connectivity index (χ1v) is 10.3. The second kappa shape index (κ2) is 8.63. The van der Waals surface area contributed by atoms with E-state index in [4.69, 9.17) is 10.2 Å². The molecule has 1 aromatic heterocycles. The summed E-state index contributed by atoms with van der Waals surface area (Å²) >= 11 is 0. The Balaban J connectivity index is 1.44. The van der Waals surface area contributed by atoms with E-state index in [1.807, 2.05) is 41.3 Å². The summed E-state index contributed by atoms with van der Waals surface area (Å²) in [6.07, 6.45) is -3.39. The van der Waals surface area contributed by atoms with E-state index >= 15 is 0 Å². The number of anilines is 3. The second-order valence-corrected chi connectivity index (χ2v) is 7.83. The normalized spacial score (nSPS) is 15.4. The van der Waals surface area contributed by atoms with Crippen molar-refractivity contribution in [3.8, 4) is 0 Å². The Kier molecular flexibility index (Phi) is 5.91. The molecular formula is C23H24F3N3O2. The third-order valence-electron chi connectivity index (χ3n) is 5.70. The molecule has 3 N–H and O–H groups in total. The van der Waals surface area contributed by atoms with Crippen molar-refractivity contribution in [2.45, 2.75) is 25.4 Å². The van der Waals surface area contributed by atoms with E-state index in [1.54, 1.807) is 12.1 Å². The molecule has 1 aliphatic heterocycles. The molecule has 3 aromatic rings. The van der Waals surface area contributed by atoms with Gasteiger partial charge >= 0.3 is 11.8 Å². The number of nitrogens with two attached hydrogens (primary N) is 1. The Bertz CT molecular complexity index is 1100. The number of hydrogen-bond acceptors (Lipinski definition) is 5. The van der Waals surface area contributed by atoms with Crippen LogP contribution in [0.3, 0.4) is 0 Å². The fourth-order valence-electron chi connectivity index (χ4n) is 3.95. The van der Waals surface area contributed by atoms with Crippen LogP contribution in [0.4, 0.5) is 30.2 Å². The zero-order chi connectivity index (χ0) is 22.0. The molecule has 1 aliphatic rings. The first-order valence-electron chi connectivity index (χ1n) is 10.3. The zero-order valence-corrected chi connectivity index (χ0v) is 16.9. The summed E-state index contributed by atoms with van der Waals surface area (Å²) < 4.78 is 44.0. The molecule has 0 radical (unpaired) electrons. The van der Waals surface area contributed by atoms with Crippen LogP contribution in [0.5, 0.6) is 0 Å². The predicted octanol–water partition coefficient (Wildman–Crippen LogP) is 4.82. The molecule has 164 valence electrons. The van der Waals surface area contributed by atoms with Gasteiger partial charge in [0, 0.05) is 47.2 Å². The summed E-state index contributed by atoms with van der Waals surface area (Å²) in [5.74, 6) is -1.20. The minimum Gasteiger partial charge on any atom is -0.422 e. The third kappa shape index (κ3) is 4.85. The highest BCUT2D eigenvalue weighted by atomic mass is 19.4.